The molecule has 0 aliphatic carbocycles. The molecule has 0 aliphatic heterocycles. The number of ether oxygens (including phenoxy) is 1. The van der Waals surface area contributed by atoms with E-state index in [1.165, 1.54) is 19.5 Å². The third-order valence-corrected chi connectivity index (χ3v) is 5.02. The minimum atomic E-state index is -1.09. The molecule has 0 aliphatic rings. The Morgan fingerprint density at radius 3 is 2.47 bits per heavy atom. The Bertz CT molecular complexity index is 1390. The van der Waals surface area contributed by atoms with Crippen molar-refractivity contribution in [3.05, 3.63) is 89.2 Å². The van der Waals surface area contributed by atoms with Gasteiger partial charge in [0.2, 0.25) is 0 Å². The van der Waals surface area contributed by atoms with Crippen LogP contribution in [0.15, 0.2) is 60.9 Å². The lowest BCUT2D eigenvalue weighted by atomic mass is 10.1. The number of carboxylic acids is 1. The van der Waals surface area contributed by atoms with Crippen LogP contribution in [0.25, 0.3) is 10.9 Å². The number of halogens is 2. The van der Waals surface area contributed by atoms with Crippen LogP contribution >= 0.6 is 0 Å². The highest BCUT2D eigenvalue weighted by molar-refractivity contribution is 6.05. The summed E-state index contributed by atoms with van der Waals surface area (Å²) >= 11 is 0. The summed E-state index contributed by atoms with van der Waals surface area (Å²) in [5, 5.41) is 15.5. The molecular formula is C24H18F2N4O4. The van der Waals surface area contributed by atoms with Crippen molar-refractivity contribution in [1.82, 2.24) is 9.97 Å². The topological polar surface area (TPSA) is 113 Å². The number of methoxy groups -OCH3 is 1. The average Bonchev–Trinajstić information content (AvgIpc) is 2.81. The van der Waals surface area contributed by atoms with E-state index in [9.17, 15) is 23.5 Å². The third kappa shape index (κ3) is 4.60. The monoisotopic (exact) mass is 464 g/mol. The maximum absolute atomic E-state index is 14.2. The summed E-state index contributed by atoms with van der Waals surface area (Å²) in [5.74, 6) is -3.71. The summed E-state index contributed by atoms with van der Waals surface area (Å²) in [6, 6.07) is 13.3. The Balaban J connectivity index is 1.52. The summed E-state index contributed by atoms with van der Waals surface area (Å²) in [7, 11) is 1.27. The molecule has 0 saturated carbocycles. The van der Waals surface area contributed by atoms with Gasteiger partial charge in [0.25, 0.3) is 5.91 Å². The SMILES string of the molecule is COc1cc(F)c(C(=O)Nc2cccc(CNc3ncnc4c(C(=O)O)cccc34)c2)c(F)c1. The number of carboxylic acid groups (broad SMARTS) is 1. The van der Waals surface area contributed by atoms with Crippen LogP contribution in [0, 0.1) is 11.6 Å². The van der Waals surface area contributed by atoms with Crippen LogP contribution in [-0.4, -0.2) is 34.1 Å². The number of aromatic nitrogens is 2. The summed E-state index contributed by atoms with van der Waals surface area (Å²) in [6.07, 6.45) is 1.27. The predicted octanol–water partition coefficient (Wildman–Crippen LogP) is 4.48. The van der Waals surface area contributed by atoms with Gasteiger partial charge in [-0.2, -0.15) is 0 Å². The number of aromatic carboxylic acids is 1. The molecule has 0 unspecified atom stereocenters. The number of carbonyl (C=O) groups is 2. The van der Waals surface area contributed by atoms with E-state index in [4.69, 9.17) is 4.74 Å². The number of amides is 1. The Hall–Kier alpha value is -4.60. The van der Waals surface area contributed by atoms with Gasteiger partial charge in [-0.05, 0) is 29.8 Å². The number of hydrogen-bond donors (Lipinski definition) is 3. The molecule has 0 radical (unpaired) electrons. The van der Waals surface area contributed by atoms with E-state index in [0.717, 1.165) is 17.7 Å². The molecule has 0 fully saturated rings. The highest BCUT2D eigenvalue weighted by Gasteiger charge is 2.19. The largest absolute Gasteiger partial charge is 0.497 e. The summed E-state index contributed by atoms with van der Waals surface area (Å²) < 4.78 is 33.2. The second kappa shape index (κ2) is 9.49. The Morgan fingerprint density at radius 2 is 1.76 bits per heavy atom. The number of rotatable bonds is 7. The first-order valence-corrected chi connectivity index (χ1v) is 10.0. The van der Waals surface area contributed by atoms with Gasteiger partial charge >= 0.3 is 5.97 Å². The van der Waals surface area contributed by atoms with E-state index in [0.29, 0.717) is 22.4 Å². The minimum Gasteiger partial charge on any atom is -0.497 e. The van der Waals surface area contributed by atoms with E-state index < -0.39 is 29.1 Å². The lowest BCUT2D eigenvalue weighted by Crippen LogP contribution is -2.16. The molecule has 0 atom stereocenters. The van der Waals surface area contributed by atoms with Crippen molar-refractivity contribution in [2.45, 2.75) is 6.54 Å². The van der Waals surface area contributed by atoms with Crippen molar-refractivity contribution < 1.29 is 28.2 Å². The fourth-order valence-electron chi connectivity index (χ4n) is 3.42. The number of hydrogen-bond acceptors (Lipinski definition) is 6. The van der Waals surface area contributed by atoms with Crippen molar-refractivity contribution in [3.8, 4) is 5.75 Å². The van der Waals surface area contributed by atoms with Gasteiger partial charge in [-0.1, -0.05) is 18.2 Å². The highest BCUT2D eigenvalue weighted by atomic mass is 19.1. The molecule has 3 N–H and O–H groups in total. The standard InChI is InChI=1S/C24H18F2N4O4/c1-34-15-9-18(25)20(19(26)10-15)23(31)30-14-5-2-4-13(8-14)11-27-22-16-6-3-7-17(24(32)33)21(16)28-12-29-22/h2-10,12H,11H2,1H3,(H,30,31)(H,32,33)(H,27,28,29). The Labute approximate surface area is 192 Å². The minimum absolute atomic E-state index is 0.0349. The number of anilines is 2. The highest BCUT2D eigenvalue weighted by Crippen LogP contribution is 2.24. The second-order valence-electron chi connectivity index (χ2n) is 7.20. The molecule has 1 amide bonds. The molecule has 0 spiro atoms. The van der Waals surface area contributed by atoms with Crippen molar-refractivity contribution in [2.75, 3.05) is 17.7 Å². The molecule has 3 aromatic carbocycles. The lowest BCUT2D eigenvalue weighted by molar-refractivity contribution is 0.0698. The molecule has 4 rings (SSSR count). The van der Waals surface area contributed by atoms with Crippen molar-refractivity contribution in [2.24, 2.45) is 0 Å². The first kappa shape index (κ1) is 22.6. The molecular weight excluding hydrogens is 446 g/mol. The van der Waals surface area contributed by atoms with E-state index in [2.05, 4.69) is 20.6 Å². The number of benzene rings is 3. The number of para-hydroxylation sites is 1. The fraction of sp³-hybridized carbons (Fsp3) is 0.0833. The lowest BCUT2D eigenvalue weighted by Gasteiger charge is -2.12. The van der Waals surface area contributed by atoms with Crippen molar-refractivity contribution in [3.63, 3.8) is 0 Å². The molecule has 8 nitrogen and oxygen atoms in total. The molecule has 0 saturated heterocycles. The second-order valence-corrected chi connectivity index (χ2v) is 7.20. The Morgan fingerprint density at radius 1 is 1.03 bits per heavy atom. The first-order valence-electron chi connectivity index (χ1n) is 10.0. The fourth-order valence-corrected chi connectivity index (χ4v) is 3.42. The van der Waals surface area contributed by atoms with Crippen molar-refractivity contribution in [1.29, 1.82) is 0 Å². The molecule has 34 heavy (non-hydrogen) atoms. The van der Waals surface area contributed by atoms with Crippen LogP contribution in [0.5, 0.6) is 5.75 Å². The van der Waals surface area contributed by atoms with Gasteiger partial charge in [0.15, 0.2) is 0 Å². The number of nitrogens with zero attached hydrogens (tertiary/aromatic N) is 2. The van der Waals surface area contributed by atoms with Crippen LogP contribution in [0.4, 0.5) is 20.3 Å². The zero-order valence-electron chi connectivity index (χ0n) is 17.8. The quantitative estimate of drug-likeness (QED) is 0.370. The molecule has 10 heteroatoms. The van der Waals surface area contributed by atoms with Gasteiger partial charge < -0.3 is 20.5 Å². The van der Waals surface area contributed by atoms with Crippen LogP contribution in [0.2, 0.25) is 0 Å². The van der Waals surface area contributed by atoms with Gasteiger partial charge in [-0.15, -0.1) is 0 Å². The van der Waals surface area contributed by atoms with Crippen LogP contribution < -0.4 is 15.4 Å². The number of carbonyl (C=O) groups excluding carboxylic acids is 1. The van der Waals surface area contributed by atoms with E-state index in [1.807, 2.05) is 0 Å². The zero-order valence-corrected chi connectivity index (χ0v) is 17.8. The zero-order chi connectivity index (χ0) is 24.2. The van der Waals surface area contributed by atoms with Gasteiger partial charge in [-0.25, -0.2) is 23.5 Å². The smallest absolute Gasteiger partial charge is 0.337 e. The Kier molecular flexibility index (Phi) is 6.30. The molecule has 1 heterocycles. The molecule has 1 aromatic heterocycles. The van der Waals surface area contributed by atoms with Crippen LogP contribution in [0.1, 0.15) is 26.3 Å². The van der Waals surface area contributed by atoms with E-state index in [1.54, 1.807) is 36.4 Å². The van der Waals surface area contributed by atoms with Gasteiger partial charge in [0.1, 0.15) is 35.1 Å². The summed E-state index contributed by atoms with van der Waals surface area (Å²) in [5.41, 5.74) is 0.711. The maximum Gasteiger partial charge on any atom is 0.337 e. The van der Waals surface area contributed by atoms with E-state index >= 15 is 0 Å². The third-order valence-electron chi connectivity index (χ3n) is 5.02. The van der Waals surface area contributed by atoms with Gasteiger partial charge in [0.05, 0.1) is 18.2 Å². The average molecular weight is 464 g/mol. The molecule has 172 valence electrons. The summed E-state index contributed by atoms with van der Waals surface area (Å²) in [4.78, 5) is 32.2. The van der Waals surface area contributed by atoms with Gasteiger partial charge in [-0.3, -0.25) is 4.79 Å². The maximum atomic E-state index is 14.2. The number of fused-ring (bicyclic) bond motifs is 1. The van der Waals surface area contributed by atoms with Crippen molar-refractivity contribution >= 4 is 34.3 Å². The number of nitrogens with one attached hydrogen (secondary N) is 2. The van der Waals surface area contributed by atoms with Crippen LogP contribution in [-0.2, 0) is 6.54 Å². The first-order chi connectivity index (χ1) is 16.4. The van der Waals surface area contributed by atoms with Gasteiger partial charge in [0, 0.05) is 29.8 Å². The van der Waals surface area contributed by atoms with E-state index in [-0.39, 0.29) is 17.9 Å². The molecule has 4 aromatic rings. The van der Waals surface area contributed by atoms with Crippen LogP contribution in [0.3, 0.4) is 0 Å². The molecule has 0 bridgehead atoms. The predicted molar refractivity (Wildman–Crippen MR) is 121 cm³/mol. The summed E-state index contributed by atoms with van der Waals surface area (Å²) in [6.45, 7) is 0.276. The normalized spacial score (nSPS) is 10.7.